The van der Waals surface area contributed by atoms with E-state index >= 15 is 0 Å². The number of aromatic nitrogens is 2. The summed E-state index contributed by atoms with van der Waals surface area (Å²) in [5, 5.41) is 4.02. The Morgan fingerprint density at radius 1 is 1.25 bits per heavy atom. The van der Waals surface area contributed by atoms with E-state index in [0.29, 0.717) is 17.3 Å². The first-order chi connectivity index (χ1) is 11.5. The summed E-state index contributed by atoms with van der Waals surface area (Å²) in [6.45, 7) is 0. The maximum absolute atomic E-state index is 12.3. The normalized spacial score (nSPS) is 20.4. The molecule has 0 bridgehead atoms. The number of sulfonamides is 1. The van der Waals surface area contributed by atoms with E-state index in [0.717, 1.165) is 38.5 Å². The molecule has 0 amide bonds. The Morgan fingerprint density at radius 3 is 2.71 bits per heavy atom. The zero-order chi connectivity index (χ0) is 16.8. The summed E-state index contributed by atoms with van der Waals surface area (Å²) in [6, 6.07) is 6.61. The van der Waals surface area contributed by atoms with Crippen LogP contribution in [0.2, 0.25) is 0 Å². The average molecular weight is 348 g/mol. The fraction of sp³-hybridized carbons (Fsp3) is 0.500. The van der Waals surface area contributed by atoms with Crippen molar-refractivity contribution in [1.29, 1.82) is 0 Å². The first kappa shape index (κ1) is 15.7. The quantitative estimate of drug-likeness (QED) is 0.854. The van der Waals surface area contributed by atoms with Crippen LogP contribution < -0.4 is 10.5 Å². The molecule has 2 aromatic rings. The van der Waals surface area contributed by atoms with Gasteiger partial charge in [0.05, 0.1) is 10.4 Å². The Labute approximate surface area is 140 Å². The van der Waals surface area contributed by atoms with Gasteiger partial charge in [0.2, 0.25) is 10.0 Å². The Hall–Kier alpha value is -1.77. The van der Waals surface area contributed by atoms with Gasteiger partial charge in [0.15, 0.2) is 5.82 Å². The molecule has 4 rings (SSSR count). The maximum Gasteiger partial charge on any atom is 0.258 e. The summed E-state index contributed by atoms with van der Waals surface area (Å²) in [5.74, 6) is 0.796. The van der Waals surface area contributed by atoms with Crippen molar-refractivity contribution in [2.75, 3.05) is 0 Å². The van der Waals surface area contributed by atoms with Crippen LogP contribution >= 0.6 is 0 Å². The average Bonchev–Trinajstić information content (AvgIpc) is 3.04. The Bertz CT molecular complexity index is 852. The van der Waals surface area contributed by atoms with E-state index in [1.54, 1.807) is 24.3 Å². The topological polar surface area (TPSA) is 111 Å². The first-order valence-corrected chi connectivity index (χ1v) is 9.70. The zero-order valence-electron chi connectivity index (χ0n) is 13.2. The second-order valence-electron chi connectivity index (χ2n) is 6.71. The highest BCUT2D eigenvalue weighted by Crippen LogP contribution is 2.35. The second-order valence-corrected chi connectivity index (χ2v) is 8.42. The molecule has 0 saturated heterocycles. The number of nitrogens with one attached hydrogen (secondary N) is 1. The first-order valence-electron chi connectivity index (χ1n) is 8.22. The molecule has 1 aromatic heterocycles. The molecular weight excluding hydrogens is 328 g/mol. The standard InChI is InChI=1S/C16H20N4O3S/c17-16(8-1-2-9-16)15-18-14(23-19-15)11-4-3-5-13(10-11)24(21,22)20-12-6-7-12/h3-5,10,12,20H,1-2,6-9,17H2. The van der Waals surface area contributed by atoms with Crippen molar-refractivity contribution in [3.63, 3.8) is 0 Å². The highest BCUT2D eigenvalue weighted by atomic mass is 32.2. The third kappa shape index (κ3) is 2.97. The summed E-state index contributed by atoms with van der Waals surface area (Å²) in [4.78, 5) is 4.62. The van der Waals surface area contributed by atoms with Crippen molar-refractivity contribution in [3.8, 4) is 11.5 Å². The van der Waals surface area contributed by atoms with Crippen LogP contribution in [0.1, 0.15) is 44.3 Å². The van der Waals surface area contributed by atoms with Crippen LogP contribution in [0.25, 0.3) is 11.5 Å². The molecule has 1 heterocycles. The van der Waals surface area contributed by atoms with E-state index in [9.17, 15) is 8.42 Å². The monoisotopic (exact) mass is 348 g/mol. The van der Waals surface area contributed by atoms with Crippen LogP contribution in [0.15, 0.2) is 33.7 Å². The summed E-state index contributed by atoms with van der Waals surface area (Å²) in [6.07, 6.45) is 5.58. The lowest BCUT2D eigenvalue weighted by Crippen LogP contribution is -2.34. The largest absolute Gasteiger partial charge is 0.334 e. The molecule has 0 atom stereocenters. The van der Waals surface area contributed by atoms with Gasteiger partial charge in [-0.3, -0.25) is 0 Å². The lowest BCUT2D eigenvalue weighted by atomic mass is 9.99. The zero-order valence-corrected chi connectivity index (χ0v) is 14.1. The molecule has 7 nitrogen and oxygen atoms in total. The van der Waals surface area contributed by atoms with Crippen molar-refractivity contribution in [2.24, 2.45) is 5.73 Å². The highest BCUT2D eigenvalue weighted by Gasteiger charge is 2.36. The minimum absolute atomic E-state index is 0.0631. The predicted molar refractivity (Wildman–Crippen MR) is 87.4 cm³/mol. The SMILES string of the molecule is NC1(c2noc(-c3cccc(S(=O)(=O)NC4CC4)c3)n2)CCCC1. The summed E-state index contributed by atoms with van der Waals surface area (Å²) < 4.78 is 32.7. The minimum Gasteiger partial charge on any atom is -0.334 e. The van der Waals surface area contributed by atoms with Gasteiger partial charge in [-0.05, 0) is 43.9 Å². The molecule has 0 aliphatic heterocycles. The molecular formula is C16H20N4O3S. The van der Waals surface area contributed by atoms with Crippen LogP contribution in [-0.4, -0.2) is 24.6 Å². The molecule has 2 saturated carbocycles. The molecule has 3 N–H and O–H groups in total. The van der Waals surface area contributed by atoms with Gasteiger partial charge in [0.1, 0.15) is 0 Å². The van der Waals surface area contributed by atoms with Gasteiger partial charge in [-0.25, -0.2) is 13.1 Å². The lowest BCUT2D eigenvalue weighted by molar-refractivity contribution is 0.372. The molecule has 2 fully saturated rings. The van der Waals surface area contributed by atoms with E-state index in [2.05, 4.69) is 14.9 Å². The van der Waals surface area contributed by atoms with E-state index in [-0.39, 0.29) is 10.9 Å². The maximum atomic E-state index is 12.3. The van der Waals surface area contributed by atoms with Gasteiger partial charge in [0.25, 0.3) is 5.89 Å². The van der Waals surface area contributed by atoms with Crippen LogP contribution in [0.5, 0.6) is 0 Å². The van der Waals surface area contributed by atoms with E-state index in [1.807, 2.05) is 0 Å². The number of nitrogens with two attached hydrogens (primary N) is 1. The molecule has 0 spiro atoms. The summed E-state index contributed by atoms with van der Waals surface area (Å²) in [5.41, 5.74) is 6.39. The molecule has 0 radical (unpaired) electrons. The number of rotatable bonds is 5. The molecule has 8 heteroatoms. The lowest BCUT2D eigenvalue weighted by Gasteiger charge is -2.17. The van der Waals surface area contributed by atoms with Crippen LogP contribution in [0.3, 0.4) is 0 Å². The second kappa shape index (κ2) is 5.65. The number of nitrogens with zero attached hydrogens (tertiary/aromatic N) is 2. The molecule has 2 aliphatic carbocycles. The molecule has 0 unspecified atom stereocenters. The number of hydrogen-bond donors (Lipinski definition) is 2. The van der Waals surface area contributed by atoms with E-state index in [1.165, 1.54) is 0 Å². The minimum atomic E-state index is -3.51. The third-order valence-corrected chi connectivity index (χ3v) is 6.18. The van der Waals surface area contributed by atoms with Crippen molar-refractivity contribution in [2.45, 2.75) is 55.0 Å². The molecule has 24 heavy (non-hydrogen) atoms. The van der Waals surface area contributed by atoms with Crippen LogP contribution in [0, 0.1) is 0 Å². The summed E-state index contributed by atoms with van der Waals surface area (Å²) in [7, 11) is -3.51. The molecule has 1 aromatic carbocycles. The van der Waals surface area contributed by atoms with E-state index in [4.69, 9.17) is 10.3 Å². The van der Waals surface area contributed by atoms with Crippen molar-refractivity contribution >= 4 is 10.0 Å². The van der Waals surface area contributed by atoms with Gasteiger partial charge in [-0.15, -0.1) is 0 Å². The van der Waals surface area contributed by atoms with Gasteiger partial charge >= 0.3 is 0 Å². The van der Waals surface area contributed by atoms with Gasteiger partial charge in [-0.2, -0.15) is 4.98 Å². The number of hydrogen-bond acceptors (Lipinski definition) is 6. The smallest absolute Gasteiger partial charge is 0.258 e. The van der Waals surface area contributed by atoms with Crippen molar-refractivity contribution in [1.82, 2.24) is 14.9 Å². The Morgan fingerprint density at radius 2 is 2.00 bits per heavy atom. The van der Waals surface area contributed by atoms with Gasteiger partial charge < -0.3 is 10.3 Å². The summed E-state index contributed by atoms with van der Waals surface area (Å²) >= 11 is 0. The Balaban J connectivity index is 1.63. The molecule has 2 aliphatic rings. The van der Waals surface area contributed by atoms with Crippen LogP contribution in [-0.2, 0) is 15.6 Å². The number of benzene rings is 1. The van der Waals surface area contributed by atoms with Crippen molar-refractivity contribution < 1.29 is 12.9 Å². The fourth-order valence-corrected chi connectivity index (χ4v) is 4.41. The fourth-order valence-electron chi connectivity index (χ4n) is 3.06. The van der Waals surface area contributed by atoms with Gasteiger partial charge in [-0.1, -0.05) is 24.1 Å². The predicted octanol–water partition coefficient (Wildman–Crippen LogP) is 1.91. The van der Waals surface area contributed by atoms with Crippen LogP contribution in [0.4, 0.5) is 0 Å². The highest BCUT2D eigenvalue weighted by molar-refractivity contribution is 7.89. The van der Waals surface area contributed by atoms with Gasteiger partial charge in [0, 0.05) is 11.6 Å². The van der Waals surface area contributed by atoms with E-state index < -0.39 is 15.6 Å². The third-order valence-electron chi connectivity index (χ3n) is 4.66. The van der Waals surface area contributed by atoms with Crippen molar-refractivity contribution in [3.05, 3.63) is 30.1 Å². The molecule has 128 valence electrons. The Kier molecular flexibility index (Phi) is 3.70.